The predicted molar refractivity (Wildman–Crippen MR) is 112 cm³/mol. The standard InChI is InChI=1S/2C9H14.2C2H6.CH4/c2*1-9(2,3)8-6-4-5-7-8;2*1-2;/h4,6-7H,5H2,1-3H3;4-6H,7H2,1-3H3;2*1-2H3;1H4. The molecule has 0 bridgehead atoms. The van der Waals surface area contributed by atoms with Gasteiger partial charge in [-0.25, -0.2) is 0 Å². The number of rotatable bonds is 0. The smallest absolute Gasteiger partial charge is 0.0127 e. The lowest BCUT2D eigenvalue weighted by molar-refractivity contribution is 0.496. The normalized spacial score (nSPS) is 14.9. The van der Waals surface area contributed by atoms with Gasteiger partial charge in [-0.2, -0.15) is 0 Å². The van der Waals surface area contributed by atoms with Gasteiger partial charge in [0.1, 0.15) is 0 Å². The Labute approximate surface area is 148 Å². The SMILES string of the molecule is C.CC.CC.CC(C)(C)C1=CC=CC1.CC(C)(C)C1=CCC=C1. The van der Waals surface area contributed by atoms with Gasteiger partial charge in [0.15, 0.2) is 0 Å². The van der Waals surface area contributed by atoms with Crippen LogP contribution < -0.4 is 0 Å². The molecule has 0 spiro atoms. The Morgan fingerprint density at radius 1 is 0.783 bits per heavy atom. The second kappa shape index (κ2) is 13.4. The maximum atomic E-state index is 2.29. The van der Waals surface area contributed by atoms with Crippen molar-refractivity contribution in [3.63, 3.8) is 0 Å². The molecular formula is C23H44. The van der Waals surface area contributed by atoms with Gasteiger partial charge in [0.05, 0.1) is 0 Å². The maximum Gasteiger partial charge on any atom is -0.0127 e. The fourth-order valence-electron chi connectivity index (χ4n) is 2.02. The lowest BCUT2D eigenvalue weighted by atomic mass is 9.86. The molecule has 0 radical (unpaired) electrons. The molecule has 0 aromatic carbocycles. The fourth-order valence-corrected chi connectivity index (χ4v) is 2.02. The molecule has 0 aromatic heterocycles. The monoisotopic (exact) mass is 320 g/mol. The molecule has 0 atom stereocenters. The van der Waals surface area contributed by atoms with Crippen LogP contribution in [0.5, 0.6) is 0 Å². The summed E-state index contributed by atoms with van der Waals surface area (Å²) in [7, 11) is 0. The fraction of sp³-hybridized carbons (Fsp3) is 0.652. The van der Waals surface area contributed by atoms with Crippen LogP contribution in [0, 0.1) is 10.8 Å². The van der Waals surface area contributed by atoms with E-state index < -0.39 is 0 Å². The van der Waals surface area contributed by atoms with Crippen LogP contribution in [-0.2, 0) is 0 Å². The molecule has 0 heteroatoms. The lowest BCUT2D eigenvalue weighted by Crippen LogP contribution is -2.06. The van der Waals surface area contributed by atoms with Gasteiger partial charge >= 0.3 is 0 Å². The summed E-state index contributed by atoms with van der Waals surface area (Å²) in [5, 5.41) is 0. The zero-order valence-corrected chi connectivity index (χ0v) is 16.9. The molecule has 0 heterocycles. The molecule has 0 saturated carbocycles. The molecule has 0 saturated heterocycles. The van der Waals surface area contributed by atoms with Crippen LogP contribution >= 0.6 is 0 Å². The summed E-state index contributed by atoms with van der Waals surface area (Å²) in [5.41, 5.74) is 3.75. The summed E-state index contributed by atoms with van der Waals surface area (Å²) in [5.74, 6) is 0. The van der Waals surface area contributed by atoms with E-state index in [1.165, 1.54) is 5.57 Å². The van der Waals surface area contributed by atoms with E-state index in [0.29, 0.717) is 10.8 Å². The van der Waals surface area contributed by atoms with Crippen LogP contribution in [0.25, 0.3) is 0 Å². The molecule has 0 aromatic rings. The van der Waals surface area contributed by atoms with E-state index in [2.05, 4.69) is 78.0 Å². The van der Waals surface area contributed by atoms with Crippen molar-refractivity contribution in [2.75, 3.05) is 0 Å². The maximum absolute atomic E-state index is 2.29. The summed E-state index contributed by atoms with van der Waals surface area (Å²) in [4.78, 5) is 0. The number of allylic oxidation sites excluding steroid dienone is 8. The van der Waals surface area contributed by atoms with Crippen LogP contribution in [0.3, 0.4) is 0 Å². The summed E-state index contributed by atoms with van der Waals surface area (Å²) >= 11 is 0. The van der Waals surface area contributed by atoms with Crippen molar-refractivity contribution in [1.29, 1.82) is 0 Å². The first-order valence-electron chi connectivity index (χ1n) is 8.94. The van der Waals surface area contributed by atoms with E-state index in [1.807, 2.05) is 27.7 Å². The Morgan fingerprint density at radius 2 is 1.30 bits per heavy atom. The van der Waals surface area contributed by atoms with Crippen molar-refractivity contribution in [2.45, 2.75) is 89.5 Å². The second-order valence-corrected chi connectivity index (χ2v) is 7.12. The van der Waals surface area contributed by atoms with Crippen molar-refractivity contribution < 1.29 is 0 Å². The lowest BCUT2D eigenvalue weighted by Gasteiger charge is -2.19. The minimum atomic E-state index is 0. The molecule has 0 fully saturated rings. The van der Waals surface area contributed by atoms with E-state index in [0.717, 1.165) is 12.8 Å². The van der Waals surface area contributed by atoms with Crippen molar-refractivity contribution in [2.24, 2.45) is 10.8 Å². The summed E-state index contributed by atoms with van der Waals surface area (Å²) in [6.07, 6.45) is 15.6. The molecule has 23 heavy (non-hydrogen) atoms. The van der Waals surface area contributed by atoms with Gasteiger partial charge in [-0.3, -0.25) is 0 Å². The first-order valence-corrected chi connectivity index (χ1v) is 8.94. The van der Waals surface area contributed by atoms with Gasteiger partial charge in [0.25, 0.3) is 0 Å². The molecule has 2 aliphatic rings. The molecule has 2 aliphatic carbocycles. The molecule has 0 nitrogen and oxygen atoms in total. The average Bonchev–Trinajstić information content (AvgIpc) is 3.16. The van der Waals surface area contributed by atoms with E-state index in [-0.39, 0.29) is 7.43 Å². The summed E-state index contributed by atoms with van der Waals surface area (Å²) in [6.45, 7) is 21.5. The minimum Gasteiger partial charge on any atom is -0.0804 e. The highest BCUT2D eigenvalue weighted by molar-refractivity contribution is 5.30. The van der Waals surface area contributed by atoms with Gasteiger partial charge in [0.2, 0.25) is 0 Å². The van der Waals surface area contributed by atoms with Gasteiger partial charge in [0, 0.05) is 0 Å². The van der Waals surface area contributed by atoms with Crippen LogP contribution in [0.15, 0.2) is 47.6 Å². The van der Waals surface area contributed by atoms with E-state index >= 15 is 0 Å². The van der Waals surface area contributed by atoms with E-state index in [9.17, 15) is 0 Å². The van der Waals surface area contributed by atoms with Gasteiger partial charge in [-0.15, -0.1) is 0 Å². The largest absolute Gasteiger partial charge is 0.0804 e. The van der Waals surface area contributed by atoms with Gasteiger partial charge in [-0.05, 0) is 29.2 Å². The highest BCUT2D eigenvalue weighted by atomic mass is 14.2. The Hall–Kier alpha value is -1.04. The van der Waals surface area contributed by atoms with Gasteiger partial charge in [-0.1, -0.05) is 119 Å². The Balaban J connectivity index is -0.000000276. The third kappa shape index (κ3) is 12.1. The topological polar surface area (TPSA) is 0 Å². The molecule has 136 valence electrons. The van der Waals surface area contributed by atoms with E-state index in [4.69, 9.17) is 0 Å². The van der Waals surface area contributed by atoms with Crippen molar-refractivity contribution >= 4 is 0 Å². The molecule has 0 amide bonds. The van der Waals surface area contributed by atoms with E-state index in [1.54, 1.807) is 5.57 Å². The minimum absolute atomic E-state index is 0. The summed E-state index contributed by atoms with van der Waals surface area (Å²) in [6, 6.07) is 0. The van der Waals surface area contributed by atoms with Gasteiger partial charge < -0.3 is 0 Å². The average molecular weight is 321 g/mol. The first-order chi connectivity index (χ1) is 10.2. The highest BCUT2D eigenvalue weighted by Crippen LogP contribution is 2.30. The quantitative estimate of drug-likeness (QED) is 0.419. The molecule has 0 aliphatic heterocycles. The number of hydrogen-bond donors (Lipinski definition) is 0. The van der Waals surface area contributed by atoms with Crippen molar-refractivity contribution in [3.8, 4) is 0 Å². The Bertz CT molecular complexity index is 387. The Morgan fingerprint density at radius 3 is 1.48 bits per heavy atom. The zero-order valence-electron chi connectivity index (χ0n) is 16.9. The van der Waals surface area contributed by atoms with Crippen LogP contribution in [0.1, 0.15) is 89.5 Å². The first kappa shape index (κ1) is 26.8. The van der Waals surface area contributed by atoms with Crippen LogP contribution in [0.2, 0.25) is 0 Å². The van der Waals surface area contributed by atoms with Crippen molar-refractivity contribution in [3.05, 3.63) is 47.6 Å². The van der Waals surface area contributed by atoms with Crippen LogP contribution in [-0.4, -0.2) is 0 Å². The summed E-state index contributed by atoms with van der Waals surface area (Å²) < 4.78 is 0. The predicted octanol–water partition coefficient (Wildman–Crippen LogP) is 8.53. The number of hydrogen-bond acceptors (Lipinski definition) is 0. The molecule has 2 rings (SSSR count). The second-order valence-electron chi connectivity index (χ2n) is 7.12. The zero-order chi connectivity index (χ0) is 17.8. The third-order valence-electron chi connectivity index (χ3n) is 3.37. The van der Waals surface area contributed by atoms with Crippen LogP contribution in [0.4, 0.5) is 0 Å². The molecular weight excluding hydrogens is 276 g/mol. The highest BCUT2D eigenvalue weighted by Gasteiger charge is 2.16. The molecule has 0 unspecified atom stereocenters. The van der Waals surface area contributed by atoms with Crippen molar-refractivity contribution in [1.82, 2.24) is 0 Å². The Kier molecular flexibility index (Phi) is 15.6. The third-order valence-corrected chi connectivity index (χ3v) is 3.37. The molecule has 0 N–H and O–H groups in total.